The lowest BCUT2D eigenvalue weighted by molar-refractivity contribution is 0.0723. The van der Waals surface area contributed by atoms with Gasteiger partial charge >= 0.3 is 0 Å². The van der Waals surface area contributed by atoms with E-state index in [0.717, 1.165) is 48.3 Å². The molecule has 1 saturated heterocycles. The fourth-order valence-electron chi connectivity index (χ4n) is 3.97. The van der Waals surface area contributed by atoms with Gasteiger partial charge < -0.3 is 14.5 Å². The maximum Gasteiger partial charge on any atom is 0.255 e. The summed E-state index contributed by atoms with van der Waals surface area (Å²) in [5, 5.41) is 1.11. The first-order valence-electron chi connectivity index (χ1n) is 9.84. The SMILES string of the molecule is O=C(c1cnc2c(c1)OCCN2c1ccc2cccnc2c1)N1CCCCC1. The third-order valence-corrected chi connectivity index (χ3v) is 5.45. The average molecular weight is 374 g/mol. The lowest BCUT2D eigenvalue weighted by atomic mass is 10.1. The first-order valence-corrected chi connectivity index (χ1v) is 9.84. The van der Waals surface area contributed by atoms with Crippen LogP contribution < -0.4 is 9.64 Å². The topological polar surface area (TPSA) is 58.6 Å². The summed E-state index contributed by atoms with van der Waals surface area (Å²) >= 11 is 0. The number of rotatable bonds is 2. The number of fused-ring (bicyclic) bond motifs is 2. The zero-order chi connectivity index (χ0) is 18.9. The van der Waals surface area contributed by atoms with Crippen molar-refractivity contribution in [3.05, 3.63) is 54.4 Å². The van der Waals surface area contributed by atoms with Gasteiger partial charge in [-0.05, 0) is 43.5 Å². The Balaban J connectivity index is 1.46. The molecule has 6 heteroatoms. The molecule has 0 unspecified atom stereocenters. The molecule has 0 atom stereocenters. The largest absolute Gasteiger partial charge is 0.488 e. The van der Waals surface area contributed by atoms with Gasteiger partial charge in [-0.3, -0.25) is 9.78 Å². The first kappa shape index (κ1) is 17.0. The summed E-state index contributed by atoms with van der Waals surface area (Å²) in [6, 6.07) is 12.0. The number of hydrogen-bond donors (Lipinski definition) is 0. The Morgan fingerprint density at radius 3 is 2.79 bits per heavy atom. The summed E-state index contributed by atoms with van der Waals surface area (Å²) in [5.41, 5.74) is 2.57. The molecule has 142 valence electrons. The van der Waals surface area contributed by atoms with Crippen LogP contribution in [0.5, 0.6) is 5.75 Å². The van der Waals surface area contributed by atoms with E-state index in [2.05, 4.69) is 39.1 Å². The zero-order valence-corrected chi connectivity index (χ0v) is 15.7. The van der Waals surface area contributed by atoms with Gasteiger partial charge in [0.05, 0.1) is 17.6 Å². The molecule has 2 aromatic heterocycles. The Morgan fingerprint density at radius 2 is 1.89 bits per heavy atom. The van der Waals surface area contributed by atoms with E-state index in [1.54, 1.807) is 12.4 Å². The molecule has 0 N–H and O–H groups in total. The monoisotopic (exact) mass is 374 g/mol. The van der Waals surface area contributed by atoms with Crippen molar-refractivity contribution in [1.82, 2.24) is 14.9 Å². The molecule has 4 heterocycles. The standard InChI is InChI=1S/C22H22N4O2/c27-22(25-9-2-1-3-10-25)17-13-20-21(24-15-17)26(11-12-28-20)18-7-6-16-5-4-8-23-19(16)14-18/h4-8,13-15H,1-3,9-12H2. The van der Waals surface area contributed by atoms with Crippen molar-refractivity contribution in [3.63, 3.8) is 0 Å². The maximum atomic E-state index is 12.8. The van der Waals surface area contributed by atoms with E-state index < -0.39 is 0 Å². The van der Waals surface area contributed by atoms with Gasteiger partial charge in [-0.25, -0.2) is 4.98 Å². The number of nitrogens with zero attached hydrogens (tertiary/aromatic N) is 4. The molecular formula is C22H22N4O2. The predicted molar refractivity (Wildman–Crippen MR) is 108 cm³/mol. The number of amides is 1. The van der Waals surface area contributed by atoms with E-state index in [9.17, 15) is 4.79 Å². The molecule has 2 aliphatic heterocycles. The van der Waals surface area contributed by atoms with E-state index in [4.69, 9.17) is 4.74 Å². The quantitative estimate of drug-likeness (QED) is 0.683. The highest BCUT2D eigenvalue weighted by atomic mass is 16.5. The molecule has 0 radical (unpaired) electrons. The second kappa shape index (κ2) is 7.11. The summed E-state index contributed by atoms with van der Waals surface area (Å²) in [6.45, 7) is 2.91. The van der Waals surface area contributed by atoms with Crippen molar-refractivity contribution < 1.29 is 9.53 Å². The molecular weight excluding hydrogens is 352 g/mol. The summed E-state index contributed by atoms with van der Waals surface area (Å²) in [5.74, 6) is 1.46. The van der Waals surface area contributed by atoms with Gasteiger partial charge in [-0.1, -0.05) is 12.1 Å². The van der Waals surface area contributed by atoms with Crippen LogP contribution in [-0.2, 0) is 0 Å². The predicted octanol–water partition coefficient (Wildman–Crippen LogP) is 3.79. The second-order valence-electron chi connectivity index (χ2n) is 7.28. The number of aromatic nitrogens is 2. The minimum atomic E-state index is 0.0469. The maximum absolute atomic E-state index is 12.8. The smallest absolute Gasteiger partial charge is 0.255 e. The molecule has 1 aromatic carbocycles. The van der Waals surface area contributed by atoms with Gasteiger partial charge in [0, 0.05) is 36.6 Å². The highest BCUT2D eigenvalue weighted by molar-refractivity contribution is 5.95. The molecule has 1 fully saturated rings. The van der Waals surface area contributed by atoms with E-state index in [-0.39, 0.29) is 5.91 Å². The molecule has 0 aliphatic carbocycles. The van der Waals surface area contributed by atoms with Crippen molar-refractivity contribution in [3.8, 4) is 5.75 Å². The fraction of sp³-hybridized carbons (Fsp3) is 0.318. The minimum Gasteiger partial charge on any atom is -0.488 e. The highest BCUT2D eigenvalue weighted by Crippen LogP contribution is 2.36. The van der Waals surface area contributed by atoms with E-state index in [0.29, 0.717) is 24.5 Å². The highest BCUT2D eigenvalue weighted by Gasteiger charge is 2.25. The van der Waals surface area contributed by atoms with Gasteiger partial charge in [0.2, 0.25) is 0 Å². The number of hydrogen-bond acceptors (Lipinski definition) is 5. The van der Waals surface area contributed by atoms with Crippen LogP contribution in [0.3, 0.4) is 0 Å². The molecule has 2 aliphatic rings. The molecule has 0 saturated carbocycles. The van der Waals surface area contributed by atoms with Crippen molar-refractivity contribution in [2.24, 2.45) is 0 Å². The van der Waals surface area contributed by atoms with Crippen LogP contribution in [0.2, 0.25) is 0 Å². The lowest BCUT2D eigenvalue weighted by Gasteiger charge is -2.31. The summed E-state index contributed by atoms with van der Waals surface area (Å²) < 4.78 is 5.85. The molecule has 1 amide bonds. The number of carbonyl (C=O) groups is 1. The Hall–Kier alpha value is -3.15. The van der Waals surface area contributed by atoms with Gasteiger partial charge in [0.1, 0.15) is 6.61 Å². The van der Waals surface area contributed by atoms with Crippen LogP contribution in [0.15, 0.2) is 48.8 Å². The van der Waals surface area contributed by atoms with Crippen LogP contribution in [-0.4, -0.2) is 47.0 Å². The molecule has 5 rings (SSSR count). The minimum absolute atomic E-state index is 0.0469. The Kier molecular flexibility index (Phi) is 4.31. The van der Waals surface area contributed by atoms with Gasteiger partial charge in [-0.15, -0.1) is 0 Å². The van der Waals surface area contributed by atoms with Gasteiger partial charge in [0.15, 0.2) is 11.6 Å². The summed E-state index contributed by atoms with van der Waals surface area (Å²) in [4.78, 5) is 25.9. The number of benzene rings is 1. The van der Waals surface area contributed by atoms with Crippen LogP contribution >= 0.6 is 0 Å². The zero-order valence-electron chi connectivity index (χ0n) is 15.7. The third-order valence-electron chi connectivity index (χ3n) is 5.45. The molecule has 0 bridgehead atoms. The van der Waals surface area contributed by atoms with Crippen molar-refractivity contribution in [2.45, 2.75) is 19.3 Å². The van der Waals surface area contributed by atoms with E-state index in [1.807, 2.05) is 17.0 Å². The normalized spacial score (nSPS) is 16.6. The van der Waals surface area contributed by atoms with Crippen LogP contribution in [0, 0.1) is 0 Å². The number of ether oxygens (including phenoxy) is 1. The first-order chi connectivity index (χ1) is 13.8. The summed E-state index contributed by atoms with van der Waals surface area (Å²) in [6.07, 6.45) is 6.83. The number of anilines is 2. The molecule has 0 spiro atoms. The Morgan fingerprint density at radius 1 is 1.00 bits per heavy atom. The Bertz CT molecular complexity index is 1030. The van der Waals surface area contributed by atoms with E-state index >= 15 is 0 Å². The summed E-state index contributed by atoms with van der Waals surface area (Å²) in [7, 11) is 0. The van der Waals surface area contributed by atoms with Crippen LogP contribution in [0.1, 0.15) is 29.6 Å². The number of carbonyl (C=O) groups excluding carboxylic acids is 1. The molecule has 28 heavy (non-hydrogen) atoms. The van der Waals surface area contributed by atoms with Crippen molar-refractivity contribution in [1.29, 1.82) is 0 Å². The number of piperidine rings is 1. The van der Waals surface area contributed by atoms with E-state index in [1.165, 1.54) is 6.42 Å². The average Bonchev–Trinajstić information content (AvgIpc) is 2.78. The van der Waals surface area contributed by atoms with Gasteiger partial charge in [-0.2, -0.15) is 0 Å². The number of pyridine rings is 2. The van der Waals surface area contributed by atoms with Crippen LogP contribution in [0.25, 0.3) is 10.9 Å². The molecule has 3 aromatic rings. The lowest BCUT2D eigenvalue weighted by Crippen LogP contribution is -2.36. The Labute approximate surface area is 163 Å². The van der Waals surface area contributed by atoms with Crippen molar-refractivity contribution in [2.75, 3.05) is 31.1 Å². The second-order valence-corrected chi connectivity index (χ2v) is 7.28. The van der Waals surface area contributed by atoms with Crippen molar-refractivity contribution >= 4 is 28.3 Å². The fourth-order valence-corrected chi connectivity index (χ4v) is 3.97. The third kappa shape index (κ3) is 3.05. The van der Waals surface area contributed by atoms with Gasteiger partial charge in [0.25, 0.3) is 5.91 Å². The molecule has 6 nitrogen and oxygen atoms in total. The van der Waals surface area contributed by atoms with Crippen LogP contribution in [0.4, 0.5) is 11.5 Å². The number of likely N-dealkylation sites (tertiary alicyclic amines) is 1.